The molecule has 0 bridgehead atoms. The van der Waals surface area contributed by atoms with Crippen molar-refractivity contribution in [2.45, 2.75) is 0 Å². The van der Waals surface area contributed by atoms with Gasteiger partial charge in [-0.2, -0.15) is 5.26 Å². The largest absolute Gasteiger partial charge is 0.476 e. The number of carboxylic acids is 1. The maximum absolute atomic E-state index is 10.9. The van der Waals surface area contributed by atoms with E-state index in [1.807, 2.05) is 6.07 Å². The third-order valence-corrected chi connectivity index (χ3v) is 3.51. The molecule has 0 amide bonds. The van der Waals surface area contributed by atoms with Crippen LogP contribution in [-0.2, 0) is 0 Å². The zero-order valence-electron chi connectivity index (χ0n) is 8.85. The average molecular weight is 324 g/mol. The van der Waals surface area contributed by atoms with Gasteiger partial charge in [0.05, 0.1) is 22.8 Å². The summed E-state index contributed by atoms with van der Waals surface area (Å²) in [6.45, 7) is 0. The number of carboxylic acid groups (broad SMARTS) is 1. The van der Waals surface area contributed by atoms with Gasteiger partial charge in [0.25, 0.3) is 0 Å². The molecule has 0 aliphatic heterocycles. The molecule has 1 aromatic carbocycles. The predicted molar refractivity (Wildman–Crippen MR) is 71.2 cm³/mol. The van der Waals surface area contributed by atoms with Crippen LogP contribution in [0.5, 0.6) is 0 Å². The van der Waals surface area contributed by atoms with E-state index in [9.17, 15) is 4.79 Å². The number of halogens is 1. The summed E-state index contributed by atoms with van der Waals surface area (Å²) in [6.07, 6.45) is 0. The van der Waals surface area contributed by atoms with E-state index >= 15 is 0 Å². The van der Waals surface area contributed by atoms with E-state index in [4.69, 9.17) is 10.4 Å². The van der Waals surface area contributed by atoms with Crippen molar-refractivity contribution in [3.05, 3.63) is 39.4 Å². The fourth-order valence-corrected chi connectivity index (χ4v) is 2.46. The number of rotatable bonds is 3. The van der Waals surface area contributed by atoms with Crippen LogP contribution in [-0.4, -0.2) is 16.1 Å². The number of carbonyl (C=O) groups is 1. The van der Waals surface area contributed by atoms with Crippen LogP contribution < -0.4 is 5.32 Å². The Labute approximate surface area is 115 Å². The lowest BCUT2D eigenvalue weighted by atomic mass is 10.2. The third kappa shape index (κ3) is 2.50. The topological polar surface area (TPSA) is 86.0 Å². The van der Waals surface area contributed by atoms with E-state index in [0.29, 0.717) is 20.7 Å². The van der Waals surface area contributed by atoms with Crippen molar-refractivity contribution in [1.82, 2.24) is 4.98 Å². The molecule has 90 valence electrons. The molecule has 2 aromatic rings. The van der Waals surface area contributed by atoms with Gasteiger partial charge in [0.1, 0.15) is 5.00 Å². The van der Waals surface area contributed by atoms with Crippen molar-refractivity contribution in [3.63, 3.8) is 0 Å². The number of thiazole rings is 1. The Morgan fingerprint density at radius 3 is 2.94 bits per heavy atom. The molecule has 1 aromatic heterocycles. The molecule has 0 aliphatic carbocycles. The Morgan fingerprint density at radius 1 is 1.56 bits per heavy atom. The van der Waals surface area contributed by atoms with Crippen molar-refractivity contribution >= 4 is 43.9 Å². The Balaban J connectivity index is 2.32. The summed E-state index contributed by atoms with van der Waals surface area (Å²) < 4.78 is 0.686. The molecule has 0 atom stereocenters. The maximum atomic E-state index is 10.9. The molecule has 0 unspecified atom stereocenters. The smallest absolute Gasteiger partial charge is 0.357 e. The van der Waals surface area contributed by atoms with Crippen LogP contribution in [0.2, 0.25) is 0 Å². The highest BCUT2D eigenvalue weighted by Crippen LogP contribution is 2.30. The van der Waals surface area contributed by atoms with Crippen LogP contribution in [0, 0.1) is 11.3 Å². The number of aromatic carboxylic acids is 1. The lowest BCUT2D eigenvalue weighted by molar-refractivity contribution is 0.0692. The molecule has 0 saturated heterocycles. The molecule has 0 spiro atoms. The second kappa shape index (κ2) is 5.16. The van der Waals surface area contributed by atoms with Gasteiger partial charge in [-0.05, 0) is 34.1 Å². The van der Waals surface area contributed by atoms with Crippen molar-refractivity contribution in [1.29, 1.82) is 5.26 Å². The summed E-state index contributed by atoms with van der Waals surface area (Å²) in [5, 5.41) is 21.1. The molecule has 7 heteroatoms. The van der Waals surface area contributed by atoms with Crippen molar-refractivity contribution in [3.8, 4) is 6.07 Å². The van der Waals surface area contributed by atoms with Gasteiger partial charge in [0.15, 0.2) is 5.69 Å². The lowest BCUT2D eigenvalue weighted by Crippen LogP contribution is -2.01. The van der Waals surface area contributed by atoms with Crippen LogP contribution in [0.3, 0.4) is 0 Å². The summed E-state index contributed by atoms with van der Waals surface area (Å²) in [7, 11) is 0. The van der Waals surface area contributed by atoms with Crippen molar-refractivity contribution < 1.29 is 9.90 Å². The number of anilines is 2. The molecule has 0 fully saturated rings. The van der Waals surface area contributed by atoms with Gasteiger partial charge < -0.3 is 10.4 Å². The van der Waals surface area contributed by atoms with Crippen molar-refractivity contribution in [2.24, 2.45) is 0 Å². The highest BCUT2D eigenvalue weighted by Gasteiger charge is 2.14. The number of nitrogens with zero attached hydrogens (tertiary/aromatic N) is 2. The molecule has 2 N–H and O–H groups in total. The zero-order valence-corrected chi connectivity index (χ0v) is 11.2. The fourth-order valence-electron chi connectivity index (χ4n) is 1.30. The first-order valence-corrected chi connectivity index (χ1v) is 6.42. The van der Waals surface area contributed by atoms with Gasteiger partial charge in [-0.3, -0.25) is 0 Å². The van der Waals surface area contributed by atoms with Gasteiger partial charge >= 0.3 is 5.97 Å². The van der Waals surface area contributed by atoms with Crippen LogP contribution in [0.1, 0.15) is 16.1 Å². The second-order valence-electron chi connectivity index (χ2n) is 3.27. The van der Waals surface area contributed by atoms with Gasteiger partial charge in [-0.1, -0.05) is 0 Å². The summed E-state index contributed by atoms with van der Waals surface area (Å²) in [5.41, 5.74) is 2.65. The number of aromatic nitrogens is 1. The third-order valence-electron chi connectivity index (χ3n) is 2.12. The van der Waals surface area contributed by atoms with E-state index in [0.717, 1.165) is 0 Å². The minimum absolute atomic E-state index is 0.0174. The Bertz CT molecular complexity index is 648. The number of nitriles is 1. The van der Waals surface area contributed by atoms with Crippen LogP contribution in [0.25, 0.3) is 0 Å². The Hall–Kier alpha value is -1.91. The van der Waals surface area contributed by atoms with Crippen LogP contribution in [0.4, 0.5) is 10.7 Å². The molecule has 5 nitrogen and oxygen atoms in total. The first kappa shape index (κ1) is 12.5. The summed E-state index contributed by atoms with van der Waals surface area (Å²) in [4.78, 5) is 14.7. The van der Waals surface area contributed by atoms with E-state index in [1.54, 1.807) is 18.2 Å². The predicted octanol–water partition coefficient (Wildman–Crippen LogP) is 3.22. The number of nitrogens with one attached hydrogen (secondary N) is 1. The highest BCUT2D eigenvalue weighted by molar-refractivity contribution is 9.10. The molecule has 0 aliphatic rings. The van der Waals surface area contributed by atoms with E-state index in [2.05, 4.69) is 26.2 Å². The normalized spacial score (nSPS) is 9.78. The number of hydrogen-bond acceptors (Lipinski definition) is 5. The first-order chi connectivity index (χ1) is 8.61. The molecule has 0 radical (unpaired) electrons. The maximum Gasteiger partial charge on any atom is 0.357 e. The SMILES string of the molecule is N#Cc1ccc(Nc2scnc2C(=O)O)c(Br)c1. The molecule has 0 saturated carbocycles. The Morgan fingerprint density at radius 2 is 2.33 bits per heavy atom. The van der Waals surface area contributed by atoms with Gasteiger partial charge in [-0.15, -0.1) is 11.3 Å². The van der Waals surface area contributed by atoms with E-state index in [-0.39, 0.29) is 5.69 Å². The molecule has 18 heavy (non-hydrogen) atoms. The van der Waals surface area contributed by atoms with Crippen LogP contribution in [0.15, 0.2) is 28.2 Å². The first-order valence-electron chi connectivity index (χ1n) is 4.75. The standard InChI is InChI=1S/C11H6BrN3O2S/c12-7-3-6(4-13)1-2-8(7)15-10-9(11(16)17)14-5-18-10/h1-3,5,15H,(H,16,17). The fraction of sp³-hybridized carbons (Fsp3) is 0. The number of benzene rings is 1. The van der Waals surface area contributed by atoms with Crippen LogP contribution >= 0.6 is 27.3 Å². The Kier molecular flexibility index (Phi) is 3.60. The summed E-state index contributed by atoms with van der Waals surface area (Å²) in [5.74, 6) is -1.08. The van der Waals surface area contributed by atoms with Crippen molar-refractivity contribution in [2.75, 3.05) is 5.32 Å². The molecule has 2 rings (SSSR count). The minimum Gasteiger partial charge on any atom is -0.476 e. The summed E-state index contributed by atoms with van der Waals surface area (Å²) >= 11 is 4.52. The van der Waals surface area contributed by atoms with Gasteiger partial charge in [0, 0.05) is 4.47 Å². The average Bonchev–Trinajstić information content (AvgIpc) is 2.80. The molecular formula is C11H6BrN3O2S. The lowest BCUT2D eigenvalue weighted by Gasteiger charge is -2.07. The minimum atomic E-state index is -1.08. The number of hydrogen-bond donors (Lipinski definition) is 2. The molecule has 1 heterocycles. The van der Waals surface area contributed by atoms with Gasteiger partial charge in [-0.25, -0.2) is 9.78 Å². The quantitative estimate of drug-likeness (QED) is 0.905. The second-order valence-corrected chi connectivity index (χ2v) is 4.98. The molecular weight excluding hydrogens is 318 g/mol. The monoisotopic (exact) mass is 323 g/mol. The zero-order chi connectivity index (χ0) is 13.1. The van der Waals surface area contributed by atoms with Gasteiger partial charge in [0.2, 0.25) is 0 Å². The highest BCUT2D eigenvalue weighted by atomic mass is 79.9. The van der Waals surface area contributed by atoms with E-state index < -0.39 is 5.97 Å². The van der Waals surface area contributed by atoms with E-state index in [1.165, 1.54) is 16.8 Å². The summed E-state index contributed by atoms with van der Waals surface area (Å²) in [6, 6.07) is 7.03.